The van der Waals surface area contributed by atoms with Gasteiger partial charge in [0.1, 0.15) is 0 Å². The van der Waals surface area contributed by atoms with E-state index in [9.17, 15) is 0 Å². The lowest BCUT2D eigenvalue weighted by Crippen LogP contribution is -2.34. The first kappa shape index (κ1) is 9.52. The molecule has 1 aromatic heterocycles. The zero-order valence-corrected chi connectivity index (χ0v) is 8.74. The lowest BCUT2D eigenvalue weighted by Gasteiger charge is -2.24. The van der Waals surface area contributed by atoms with Gasteiger partial charge < -0.3 is 10.2 Å². The molecule has 1 aliphatic rings. The third kappa shape index (κ3) is 2.26. The van der Waals surface area contributed by atoms with Crippen molar-refractivity contribution in [1.82, 2.24) is 15.1 Å². The van der Waals surface area contributed by atoms with Crippen molar-refractivity contribution in [3.63, 3.8) is 0 Å². The Kier molecular flexibility index (Phi) is 3.03. The number of aryl methyl sites for hydroxylation is 1. The highest BCUT2D eigenvalue weighted by Gasteiger charge is 2.10. The Balaban J connectivity index is 2.00. The summed E-state index contributed by atoms with van der Waals surface area (Å²) in [6.45, 7) is 4.49. The van der Waals surface area contributed by atoms with Gasteiger partial charge in [0, 0.05) is 32.4 Å². The second-order valence-corrected chi connectivity index (χ2v) is 3.79. The molecule has 0 radical (unpaired) electrons. The van der Waals surface area contributed by atoms with Crippen molar-refractivity contribution in [2.45, 2.75) is 12.8 Å². The summed E-state index contributed by atoms with van der Waals surface area (Å²) in [7, 11) is 1.97. The molecular weight excluding hydrogens is 176 g/mol. The van der Waals surface area contributed by atoms with Crippen molar-refractivity contribution >= 4 is 5.82 Å². The fourth-order valence-corrected chi connectivity index (χ4v) is 1.83. The van der Waals surface area contributed by atoms with Crippen molar-refractivity contribution in [3.05, 3.63) is 12.3 Å². The van der Waals surface area contributed by atoms with Crippen LogP contribution >= 0.6 is 0 Å². The van der Waals surface area contributed by atoms with Crippen LogP contribution in [-0.2, 0) is 7.05 Å². The van der Waals surface area contributed by atoms with Gasteiger partial charge in [-0.05, 0) is 25.9 Å². The van der Waals surface area contributed by atoms with Crippen LogP contribution in [0, 0.1) is 0 Å². The zero-order chi connectivity index (χ0) is 9.80. The van der Waals surface area contributed by atoms with E-state index in [2.05, 4.69) is 21.4 Å². The minimum Gasteiger partial charge on any atom is -0.355 e. The van der Waals surface area contributed by atoms with E-state index in [0.717, 1.165) is 32.0 Å². The first-order chi connectivity index (χ1) is 6.86. The Morgan fingerprint density at radius 1 is 1.29 bits per heavy atom. The average Bonchev–Trinajstić information content (AvgIpc) is 2.51. The van der Waals surface area contributed by atoms with Gasteiger partial charge in [-0.2, -0.15) is 5.10 Å². The Labute approximate surface area is 84.9 Å². The molecule has 14 heavy (non-hydrogen) atoms. The smallest absolute Gasteiger partial charge is 0.150 e. The van der Waals surface area contributed by atoms with Crippen LogP contribution in [0.1, 0.15) is 12.8 Å². The topological polar surface area (TPSA) is 33.1 Å². The van der Waals surface area contributed by atoms with Gasteiger partial charge in [-0.3, -0.25) is 4.68 Å². The van der Waals surface area contributed by atoms with E-state index >= 15 is 0 Å². The van der Waals surface area contributed by atoms with E-state index in [1.165, 1.54) is 12.8 Å². The predicted molar refractivity (Wildman–Crippen MR) is 57.5 cm³/mol. The van der Waals surface area contributed by atoms with Crippen LogP contribution in [0.3, 0.4) is 0 Å². The molecular formula is C10H18N4. The first-order valence-electron chi connectivity index (χ1n) is 5.31. The van der Waals surface area contributed by atoms with Crippen molar-refractivity contribution in [2.75, 3.05) is 31.1 Å². The minimum atomic E-state index is 1.12. The summed E-state index contributed by atoms with van der Waals surface area (Å²) in [5, 5.41) is 7.84. The van der Waals surface area contributed by atoms with Crippen LogP contribution < -0.4 is 10.2 Å². The van der Waals surface area contributed by atoms with E-state index < -0.39 is 0 Å². The second-order valence-electron chi connectivity index (χ2n) is 3.79. The van der Waals surface area contributed by atoms with Crippen molar-refractivity contribution in [3.8, 4) is 0 Å². The maximum absolute atomic E-state index is 4.43. The van der Waals surface area contributed by atoms with Crippen molar-refractivity contribution in [1.29, 1.82) is 0 Å². The second kappa shape index (κ2) is 4.46. The van der Waals surface area contributed by atoms with Crippen LogP contribution in [0.2, 0.25) is 0 Å². The third-order valence-electron chi connectivity index (χ3n) is 2.59. The Morgan fingerprint density at radius 3 is 2.57 bits per heavy atom. The maximum atomic E-state index is 4.43. The summed E-state index contributed by atoms with van der Waals surface area (Å²) < 4.78 is 1.87. The molecule has 78 valence electrons. The van der Waals surface area contributed by atoms with E-state index in [1.807, 2.05) is 17.9 Å². The molecule has 0 aliphatic carbocycles. The highest BCUT2D eigenvalue weighted by molar-refractivity contribution is 5.36. The van der Waals surface area contributed by atoms with Crippen molar-refractivity contribution in [2.24, 2.45) is 7.05 Å². The molecule has 0 atom stereocenters. The molecule has 0 bridgehead atoms. The highest BCUT2D eigenvalue weighted by Crippen LogP contribution is 2.11. The number of anilines is 1. The van der Waals surface area contributed by atoms with E-state index in [4.69, 9.17) is 0 Å². The SMILES string of the molecule is Cn1ccc(N2CCCNCCC2)n1. The number of nitrogens with one attached hydrogen (secondary N) is 1. The Bertz CT molecular complexity index is 273. The zero-order valence-electron chi connectivity index (χ0n) is 8.74. The van der Waals surface area contributed by atoms with Gasteiger partial charge in [-0.15, -0.1) is 0 Å². The molecule has 4 nitrogen and oxygen atoms in total. The lowest BCUT2D eigenvalue weighted by molar-refractivity contribution is 0.562. The van der Waals surface area contributed by atoms with Crippen LogP contribution in [-0.4, -0.2) is 36.0 Å². The van der Waals surface area contributed by atoms with E-state index in [-0.39, 0.29) is 0 Å². The van der Waals surface area contributed by atoms with Gasteiger partial charge in [0.05, 0.1) is 0 Å². The fourth-order valence-electron chi connectivity index (χ4n) is 1.83. The molecule has 0 aromatic carbocycles. The molecule has 0 saturated carbocycles. The normalized spacial score (nSPS) is 19.1. The van der Waals surface area contributed by atoms with Crippen LogP contribution in [0.15, 0.2) is 12.3 Å². The fraction of sp³-hybridized carbons (Fsp3) is 0.700. The lowest BCUT2D eigenvalue weighted by atomic mass is 10.3. The van der Waals surface area contributed by atoms with Gasteiger partial charge in [0.15, 0.2) is 5.82 Å². The molecule has 2 heterocycles. The standard InChI is InChI=1S/C10H18N4/c1-13-9-4-10(12-13)14-7-2-5-11-6-3-8-14/h4,9,11H,2-3,5-8H2,1H3. The predicted octanol–water partition coefficient (Wildman–Crippen LogP) is 0.610. The van der Waals surface area contributed by atoms with Gasteiger partial charge >= 0.3 is 0 Å². The Morgan fingerprint density at radius 2 is 2.00 bits per heavy atom. The summed E-state index contributed by atoms with van der Waals surface area (Å²) in [4.78, 5) is 2.38. The minimum absolute atomic E-state index is 1.12. The van der Waals surface area contributed by atoms with Crippen molar-refractivity contribution < 1.29 is 0 Å². The molecule has 1 N–H and O–H groups in total. The van der Waals surface area contributed by atoms with Gasteiger partial charge in [0.25, 0.3) is 0 Å². The number of aromatic nitrogens is 2. The quantitative estimate of drug-likeness (QED) is 0.711. The average molecular weight is 194 g/mol. The number of nitrogens with zero attached hydrogens (tertiary/aromatic N) is 3. The number of rotatable bonds is 1. The number of hydrogen-bond acceptors (Lipinski definition) is 3. The Hall–Kier alpha value is -1.03. The maximum Gasteiger partial charge on any atom is 0.150 e. The van der Waals surface area contributed by atoms with E-state index in [0.29, 0.717) is 0 Å². The monoisotopic (exact) mass is 194 g/mol. The van der Waals surface area contributed by atoms with Gasteiger partial charge in [-0.25, -0.2) is 0 Å². The molecule has 0 amide bonds. The molecule has 2 rings (SSSR count). The molecule has 0 spiro atoms. The van der Waals surface area contributed by atoms with Gasteiger partial charge in [0.2, 0.25) is 0 Å². The first-order valence-corrected chi connectivity index (χ1v) is 5.31. The van der Waals surface area contributed by atoms with Crippen LogP contribution in [0.5, 0.6) is 0 Å². The molecule has 0 unspecified atom stereocenters. The molecule has 1 aromatic rings. The van der Waals surface area contributed by atoms with E-state index in [1.54, 1.807) is 0 Å². The molecule has 1 aliphatic heterocycles. The van der Waals surface area contributed by atoms with Crippen LogP contribution in [0.4, 0.5) is 5.82 Å². The summed E-state index contributed by atoms with van der Waals surface area (Å²) in [6, 6.07) is 2.09. The summed E-state index contributed by atoms with van der Waals surface area (Å²) >= 11 is 0. The highest BCUT2D eigenvalue weighted by atomic mass is 15.3. The van der Waals surface area contributed by atoms with Gasteiger partial charge in [-0.1, -0.05) is 0 Å². The largest absolute Gasteiger partial charge is 0.355 e. The molecule has 4 heteroatoms. The number of hydrogen-bond donors (Lipinski definition) is 1. The summed E-state index contributed by atoms with van der Waals surface area (Å²) in [5.74, 6) is 1.12. The third-order valence-corrected chi connectivity index (χ3v) is 2.59. The molecule has 1 fully saturated rings. The molecule has 1 saturated heterocycles. The summed E-state index contributed by atoms with van der Waals surface area (Å²) in [6.07, 6.45) is 4.42. The summed E-state index contributed by atoms with van der Waals surface area (Å²) in [5.41, 5.74) is 0. The van der Waals surface area contributed by atoms with Crippen LogP contribution in [0.25, 0.3) is 0 Å².